The van der Waals surface area contributed by atoms with Crippen molar-refractivity contribution in [2.75, 3.05) is 0 Å². The molecule has 0 atom stereocenters. The zero-order chi connectivity index (χ0) is 17.5. The molecular formula is C18H15F4NO. The lowest BCUT2D eigenvalue weighted by Gasteiger charge is -2.09. The molecule has 0 saturated heterocycles. The molecule has 3 rings (SSSR count). The maximum Gasteiger partial charge on any atom is 0.417 e. The topological polar surface area (TPSA) is 25.2 Å². The maximum atomic E-state index is 13.5. The van der Waals surface area contributed by atoms with Crippen molar-refractivity contribution >= 4 is 10.8 Å². The molecule has 2 aromatic carbocycles. The van der Waals surface area contributed by atoms with E-state index in [2.05, 4.69) is 0 Å². The van der Waals surface area contributed by atoms with Gasteiger partial charge in [-0.25, -0.2) is 4.39 Å². The Bertz CT molecular complexity index is 879. The number of benzene rings is 2. The van der Waals surface area contributed by atoms with Crippen LogP contribution in [0.1, 0.15) is 23.6 Å². The molecule has 3 aromatic rings. The van der Waals surface area contributed by atoms with E-state index in [9.17, 15) is 22.7 Å². The van der Waals surface area contributed by atoms with Gasteiger partial charge in [-0.1, -0.05) is 31.2 Å². The monoisotopic (exact) mass is 337 g/mol. The van der Waals surface area contributed by atoms with Crippen LogP contribution in [0.3, 0.4) is 0 Å². The van der Waals surface area contributed by atoms with Gasteiger partial charge < -0.3 is 9.67 Å². The van der Waals surface area contributed by atoms with Crippen molar-refractivity contribution in [2.24, 2.45) is 0 Å². The van der Waals surface area contributed by atoms with Crippen LogP contribution >= 0.6 is 0 Å². The van der Waals surface area contributed by atoms with Gasteiger partial charge in [-0.3, -0.25) is 0 Å². The molecule has 0 aliphatic heterocycles. The molecule has 24 heavy (non-hydrogen) atoms. The summed E-state index contributed by atoms with van der Waals surface area (Å²) in [5.41, 5.74) is 0.800. The van der Waals surface area contributed by atoms with Crippen molar-refractivity contribution in [1.29, 1.82) is 0 Å². The van der Waals surface area contributed by atoms with Gasteiger partial charge in [0, 0.05) is 11.6 Å². The van der Waals surface area contributed by atoms with Crippen LogP contribution in [0.4, 0.5) is 17.6 Å². The smallest absolute Gasteiger partial charge is 0.417 e. The highest BCUT2D eigenvalue weighted by Crippen LogP contribution is 2.40. The van der Waals surface area contributed by atoms with Crippen LogP contribution < -0.4 is 0 Å². The molecule has 1 aromatic heterocycles. The molecule has 6 heteroatoms. The zero-order valence-corrected chi connectivity index (χ0v) is 12.9. The highest BCUT2D eigenvalue weighted by molar-refractivity contribution is 5.91. The lowest BCUT2D eigenvalue weighted by atomic mass is 10.1. The van der Waals surface area contributed by atoms with E-state index in [1.54, 1.807) is 0 Å². The normalized spacial score (nSPS) is 12.0. The first kappa shape index (κ1) is 16.4. The van der Waals surface area contributed by atoms with Crippen LogP contribution in [0.25, 0.3) is 10.8 Å². The third kappa shape index (κ3) is 2.96. The number of aryl methyl sites for hydroxylation is 1. The molecule has 0 amide bonds. The number of rotatable bonds is 3. The Balaban J connectivity index is 2.08. The molecule has 1 heterocycles. The van der Waals surface area contributed by atoms with Crippen LogP contribution in [-0.4, -0.2) is 9.67 Å². The summed E-state index contributed by atoms with van der Waals surface area (Å²) >= 11 is 0. The Morgan fingerprint density at radius 2 is 1.67 bits per heavy atom. The molecule has 126 valence electrons. The summed E-state index contributed by atoms with van der Waals surface area (Å²) in [5.74, 6) is -1.50. The average molecular weight is 337 g/mol. The van der Waals surface area contributed by atoms with Crippen LogP contribution in [0.5, 0.6) is 5.88 Å². The van der Waals surface area contributed by atoms with Crippen molar-refractivity contribution in [2.45, 2.75) is 26.1 Å². The van der Waals surface area contributed by atoms with E-state index in [0.29, 0.717) is 6.07 Å². The quantitative estimate of drug-likeness (QED) is 0.660. The lowest BCUT2D eigenvalue weighted by Crippen LogP contribution is -2.06. The van der Waals surface area contributed by atoms with Crippen molar-refractivity contribution in [1.82, 2.24) is 4.57 Å². The van der Waals surface area contributed by atoms with E-state index in [1.807, 2.05) is 31.2 Å². The number of hydrogen-bond acceptors (Lipinski definition) is 1. The van der Waals surface area contributed by atoms with Crippen LogP contribution in [0.15, 0.2) is 42.6 Å². The van der Waals surface area contributed by atoms with Gasteiger partial charge in [-0.2, -0.15) is 13.2 Å². The van der Waals surface area contributed by atoms with Gasteiger partial charge in [0.15, 0.2) is 5.88 Å². The minimum atomic E-state index is -4.74. The number of halogens is 4. The first-order valence-electron chi connectivity index (χ1n) is 7.46. The molecule has 1 N–H and O–H groups in total. The molecule has 0 spiro atoms. The summed E-state index contributed by atoms with van der Waals surface area (Å²) in [6.45, 7) is 2.22. The summed E-state index contributed by atoms with van der Waals surface area (Å²) in [6, 6.07) is 8.96. The van der Waals surface area contributed by atoms with Gasteiger partial charge in [0.25, 0.3) is 0 Å². The summed E-state index contributed by atoms with van der Waals surface area (Å²) in [7, 11) is 0. The number of hydrogen-bond donors (Lipinski definition) is 1. The second-order valence-corrected chi connectivity index (χ2v) is 5.67. The van der Waals surface area contributed by atoms with Gasteiger partial charge >= 0.3 is 6.18 Å². The maximum absolute atomic E-state index is 13.5. The third-order valence-corrected chi connectivity index (χ3v) is 4.01. The second-order valence-electron chi connectivity index (χ2n) is 5.67. The Hall–Kier alpha value is -2.50. The van der Waals surface area contributed by atoms with E-state index in [-0.39, 0.29) is 17.3 Å². The standard InChI is InChI=1S/C18H15F4NO/c1-2-11-3-5-12(6-4-11)9-23-10-13-7-14(19)8-15(18(20,21)22)16(13)17(23)24/h3-8,10,24H,2,9H2,1H3. The molecule has 0 fully saturated rings. The fraction of sp³-hybridized carbons (Fsp3) is 0.222. The van der Waals surface area contributed by atoms with Gasteiger partial charge in [-0.05, 0) is 29.7 Å². The Labute approximate surface area is 136 Å². The number of alkyl halides is 3. The fourth-order valence-electron chi connectivity index (χ4n) is 2.77. The van der Waals surface area contributed by atoms with Crippen molar-refractivity contribution < 1.29 is 22.7 Å². The zero-order valence-electron chi connectivity index (χ0n) is 12.9. The van der Waals surface area contributed by atoms with E-state index < -0.39 is 23.4 Å². The molecule has 0 radical (unpaired) electrons. The van der Waals surface area contributed by atoms with Crippen LogP contribution in [0, 0.1) is 5.82 Å². The van der Waals surface area contributed by atoms with Gasteiger partial charge in [0.2, 0.25) is 0 Å². The van der Waals surface area contributed by atoms with Gasteiger partial charge in [0.05, 0.1) is 17.5 Å². The lowest BCUT2D eigenvalue weighted by molar-refractivity contribution is -0.136. The van der Waals surface area contributed by atoms with E-state index in [1.165, 1.54) is 10.8 Å². The van der Waals surface area contributed by atoms with Crippen molar-refractivity contribution in [3.63, 3.8) is 0 Å². The van der Waals surface area contributed by atoms with Crippen LogP contribution in [0.2, 0.25) is 0 Å². The fourth-order valence-corrected chi connectivity index (χ4v) is 2.77. The SMILES string of the molecule is CCc1ccc(Cn2cc3cc(F)cc(C(F)(F)F)c3c2O)cc1. The van der Waals surface area contributed by atoms with Crippen LogP contribution in [-0.2, 0) is 19.1 Å². The van der Waals surface area contributed by atoms with E-state index in [0.717, 1.165) is 23.6 Å². The van der Waals surface area contributed by atoms with E-state index in [4.69, 9.17) is 0 Å². The van der Waals surface area contributed by atoms with Crippen molar-refractivity contribution in [3.05, 3.63) is 65.1 Å². The first-order valence-corrected chi connectivity index (χ1v) is 7.46. The average Bonchev–Trinajstić information content (AvgIpc) is 2.82. The largest absolute Gasteiger partial charge is 0.494 e. The third-order valence-electron chi connectivity index (χ3n) is 4.01. The number of fused-ring (bicyclic) bond motifs is 1. The second kappa shape index (κ2) is 5.85. The molecular weight excluding hydrogens is 322 g/mol. The first-order chi connectivity index (χ1) is 11.3. The Kier molecular flexibility index (Phi) is 3.99. The Morgan fingerprint density at radius 1 is 1.04 bits per heavy atom. The highest BCUT2D eigenvalue weighted by atomic mass is 19.4. The highest BCUT2D eigenvalue weighted by Gasteiger charge is 2.35. The Morgan fingerprint density at radius 3 is 2.25 bits per heavy atom. The molecule has 0 aliphatic rings. The number of aromatic hydroxyl groups is 1. The molecule has 0 bridgehead atoms. The van der Waals surface area contributed by atoms with Gasteiger partial charge in [0.1, 0.15) is 5.82 Å². The summed E-state index contributed by atoms with van der Waals surface area (Å²) in [6.07, 6.45) is -2.53. The minimum Gasteiger partial charge on any atom is -0.494 e. The number of aromatic nitrogens is 1. The summed E-state index contributed by atoms with van der Waals surface area (Å²) in [5, 5.41) is 9.87. The number of nitrogens with zero attached hydrogens (tertiary/aromatic N) is 1. The molecule has 0 unspecified atom stereocenters. The summed E-state index contributed by atoms with van der Waals surface area (Å²) in [4.78, 5) is 0. The molecule has 0 saturated carbocycles. The van der Waals surface area contributed by atoms with Gasteiger partial charge in [-0.15, -0.1) is 0 Å². The predicted molar refractivity (Wildman–Crippen MR) is 83.5 cm³/mol. The van der Waals surface area contributed by atoms with Crippen molar-refractivity contribution in [3.8, 4) is 5.88 Å². The molecule has 2 nitrogen and oxygen atoms in total. The predicted octanol–water partition coefficient (Wildman–Crippen LogP) is 5.12. The van der Waals surface area contributed by atoms with E-state index >= 15 is 0 Å². The summed E-state index contributed by atoms with van der Waals surface area (Å²) < 4.78 is 54.1. The molecule has 0 aliphatic carbocycles. The minimum absolute atomic E-state index is 0.0185.